The van der Waals surface area contributed by atoms with Gasteiger partial charge in [0.15, 0.2) is 0 Å². The van der Waals surface area contributed by atoms with Crippen LogP contribution in [0.3, 0.4) is 0 Å². The highest BCUT2D eigenvalue weighted by Crippen LogP contribution is 2.17. The summed E-state index contributed by atoms with van der Waals surface area (Å²) < 4.78 is 4.66. The molecule has 0 bridgehead atoms. The minimum Gasteiger partial charge on any atom is -0.465 e. The van der Waals surface area contributed by atoms with Gasteiger partial charge in [-0.1, -0.05) is 44.2 Å². The fraction of sp³-hybridized carbons (Fsp3) is 0.474. The first-order chi connectivity index (χ1) is 11.2. The molecule has 1 aliphatic rings. The van der Waals surface area contributed by atoms with Crippen LogP contribution in [0.15, 0.2) is 30.3 Å². The third-order valence-electron chi connectivity index (χ3n) is 4.21. The van der Waals surface area contributed by atoms with Crippen molar-refractivity contribution in [2.45, 2.75) is 51.0 Å². The number of carbonyl (C=O) groups is 2. The molecule has 1 amide bonds. The van der Waals surface area contributed by atoms with E-state index in [-0.39, 0.29) is 11.9 Å². The van der Waals surface area contributed by atoms with E-state index in [1.54, 1.807) is 36.4 Å². The Morgan fingerprint density at radius 3 is 2.26 bits per heavy atom. The van der Waals surface area contributed by atoms with E-state index in [0.29, 0.717) is 11.6 Å². The smallest absolute Gasteiger partial charge is 0.337 e. The van der Waals surface area contributed by atoms with E-state index in [1.165, 1.54) is 39.2 Å². The van der Waals surface area contributed by atoms with Gasteiger partial charge in [0.05, 0.1) is 12.7 Å². The summed E-state index contributed by atoms with van der Waals surface area (Å²) in [6, 6.07) is 7.28. The molecule has 0 atom stereocenters. The number of carbonyl (C=O) groups excluding carboxylic acids is 2. The highest BCUT2D eigenvalue weighted by Gasteiger charge is 2.12. The first-order valence-electron chi connectivity index (χ1n) is 8.36. The van der Waals surface area contributed by atoms with Gasteiger partial charge < -0.3 is 10.1 Å². The zero-order valence-electron chi connectivity index (χ0n) is 13.7. The van der Waals surface area contributed by atoms with E-state index >= 15 is 0 Å². The van der Waals surface area contributed by atoms with Crippen LogP contribution in [0.5, 0.6) is 0 Å². The molecule has 4 nitrogen and oxygen atoms in total. The largest absolute Gasteiger partial charge is 0.465 e. The number of hydrogen-bond acceptors (Lipinski definition) is 3. The molecular weight excluding hydrogens is 290 g/mol. The summed E-state index contributed by atoms with van der Waals surface area (Å²) in [5.41, 5.74) is 1.38. The van der Waals surface area contributed by atoms with Gasteiger partial charge in [0.25, 0.3) is 0 Å². The third-order valence-corrected chi connectivity index (χ3v) is 4.21. The second-order valence-corrected chi connectivity index (χ2v) is 6.00. The zero-order chi connectivity index (χ0) is 16.5. The Labute approximate surface area is 137 Å². The van der Waals surface area contributed by atoms with Crippen molar-refractivity contribution in [3.63, 3.8) is 0 Å². The van der Waals surface area contributed by atoms with Gasteiger partial charge in [0, 0.05) is 12.1 Å². The lowest BCUT2D eigenvalue weighted by Crippen LogP contribution is -2.34. The Hall–Kier alpha value is -2.10. The van der Waals surface area contributed by atoms with Crippen molar-refractivity contribution in [1.29, 1.82) is 0 Å². The van der Waals surface area contributed by atoms with Gasteiger partial charge in [-0.15, -0.1) is 0 Å². The SMILES string of the molecule is COC(=O)c1ccc(/C=C/C(=O)NC2CCCCCCC2)cc1. The summed E-state index contributed by atoms with van der Waals surface area (Å²) in [5.74, 6) is -0.407. The predicted molar refractivity (Wildman–Crippen MR) is 91.1 cm³/mol. The number of esters is 1. The van der Waals surface area contributed by atoms with Gasteiger partial charge >= 0.3 is 5.97 Å². The van der Waals surface area contributed by atoms with Crippen molar-refractivity contribution >= 4 is 18.0 Å². The topological polar surface area (TPSA) is 55.4 Å². The molecule has 2 rings (SSSR count). The molecule has 0 aromatic heterocycles. The normalized spacial score (nSPS) is 16.6. The van der Waals surface area contributed by atoms with Crippen LogP contribution in [0, 0.1) is 0 Å². The Bertz CT molecular complexity index is 540. The predicted octanol–water partition coefficient (Wildman–Crippen LogP) is 3.72. The van der Waals surface area contributed by atoms with Crippen LogP contribution in [0.4, 0.5) is 0 Å². The van der Waals surface area contributed by atoms with Crippen molar-refractivity contribution in [2.24, 2.45) is 0 Å². The highest BCUT2D eigenvalue weighted by molar-refractivity contribution is 5.92. The molecule has 0 saturated heterocycles. The number of amides is 1. The quantitative estimate of drug-likeness (QED) is 0.680. The first kappa shape index (κ1) is 17.3. The van der Waals surface area contributed by atoms with Crippen molar-refractivity contribution in [2.75, 3.05) is 7.11 Å². The molecule has 1 saturated carbocycles. The average Bonchev–Trinajstić information content (AvgIpc) is 2.55. The second-order valence-electron chi connectivity index (χ2n) is 6.00. The fourth-order valence-electron chi connectivity index (χ4n) is 2.87. The van der Waals surface area contributed by atoms with Crippen LogP contribution in [0.25, 0.3) is 6.08 Å². The van der Waals surface area contributed by atoms with Crippen LogP contribution in [0.1, 0.15) is 60.9 Å². The maximum atomic E-state index is 12.0. The Kier molecular flexibility index (Phi) is 6.85. The zero-order valence-corrected chi connectivity index (χ0v) is 13.7. The van der Waals surface area contributed by atoms with Crippen LogP contribution in [-0.2, 0) is 9.53 Å². The van der Waals surface area contributed by atoms with Gasteiger partial charge in [0.1, 0.15) is 0 Å². The van der Waals surface area contributed by atoms with E-state index in [0.717, 1.165) is 18.4 Å². The summed E-state index contributed by atoms with van der Waals surface area (Å²) >= 11 is 0. The van der Waals surface area contributed by atoms with Crippen LogP contribution < -0.4 is 5.32 Å². The minimum atomic E-state index is -0.359. The van der Waals surface area contributed by atoms with Crippen LogP contribution in [0.2, 0.25) is 0 Å². The molecule has 1 fully saturated rings. The Morgan fingerprint density at radius 2 is 1.65 bits per heavy atom. The second kappa shape index (κ2) is 9.13. The third kappa shape index (κ3) is 5.89. The highest BCUT2D eigenvalue weighted by atomic mass is 16.5. The van der Waals surface area contributed by atoms with E-state index < -0.39 is 0 Å². The number of benzene rings is 1. The van der Waals surface area contributed by atoms with Crippen LogP contribution >= 0.6 is 0 Å². The lowest BCUT2D eigenvalue weighted by molar-refractivity contribution is -0.117. The maximum absolute atomic E-state index is 12.0. The van der Waals surface area contributed by atoms with Crippen LogP contribution in [-0.4, -0.2) is 25.0 Å². The Morgan fingerprint density at radius 1 is 1.04 bits per heavy atom. The molecule has 0 aliphatic heterocycles. The van der Waals surface area contributed by atoms with E-state index in [9.17, 15) is 9.59 Å². The minimum absolute atomic E-state index is 0.0485. The molecule has 1 aromatic rings. The number of nitrogens with one attached hydrogen (secondary N) is 1. The van der Waals surface area contributed by atoms with E-state index in [1.807, 2.05) is 0 Å². The number of rotatable bonds is 4. The summed E-state index contributed by atoms with van der Waals surface area (Å²) in [7, 11) is 1.36. The maximum Gasteiger partial charge on any atom is 0.337 e. The van der Waals surface area contributed by atoms with Crippen molar-refractivity contribution in [1.82, 2.24) is 5.32 Å². The summed E-state index contributed by atoms with van der Waals surface area (Å²) in [5, 5.41) is 3.10. The lowest BCUT2D eigenvalue weighted by atomic mass is 9.97. The van der Waals surface area contributed by atoms with E-state index in [4.69, 9.17) is 0 Å². The summed E-state index contributed by atoms with van der Waals surface area (Å²) in [4.78, 5) is 23.4. The van der Waals surface area contributed by atoms with Gasteiger partial charge in [-0.25, -0.2) is 4.79 Å². The van der Waals surface area contributed by atoms with E-state index in [2.05, 4.69) is 10.1 Å². The molecular formula is C19H25NO3. The molecule has 0 spiro atoms. The molecule has 1 aliphatic carbocycles. The summed E-state index contributed by atoms with van der Waals surface area (Å²) in [6.07, 6.45) is 11.7. The molecule has 0 radical (unpaired) electrons. The van der Waals surface area contributed by atoms with Crippen molar-refractivity contribution in [3.05, 3.63) is 41.5 Å². The summed E-state index contributed by atoms with van der Waals surface area (Å²) in [6.45, 7) is 0. The van der Waals surface area contributed by atoms with Gasteiger partial charge in [-0.2, -0.15) is 0 Å². The molecule has 4 heteroatoms. The molecule has 1 aromatic carbocycles. The average molecular weight is 315 g/mol. The van der Waals surface area contributed by atoms with Crippen molar-refractivity contribution in [3.8, 4) is 0 Å². The monoisotopic (exact) mass is 315 g/mol. The number of ether oxygens (including phenoxy) is 1. The van der Waals surface area contributed by atoms with Gasteiger partial charge in [-0.3, -0.25) is 4.79 Å². The number of methoxy groups -OCH3 is 1. The standard InChI is InChI=1S/C19H25NO3/c1-23-19(22)16-12-9-15(10-13-16)11-14-18(21)20-17-7-5-3-2-4-6-8-17/h9-14,17H,2-8H2,1H3,(H,20,21)/b14-11+. The number of hydrogen-bond donors (Lipinski definition) is 1. The first-order valence-corrected chi connectivity index (χ1v) is 8.36. The Balaban J connectivity index is 1.86. The van der Waals surface area contributed by atoms with Crippen molar-refractivity contribution < 1.29 is 14.3 Å². The molecule has 0 unspecified atom stereocenters. The van der Waals surface area contributed by atoms with Gasteiger partial charge in [-0.05, 0) is 36.6 Å². The van der Waals surface area contributed by atoms with Gasteiger partial charge in [0.2, 0.25) is 5.91 Å². The molecule has 124 valence electrons. The lowest BCUT2D eigenvalue weighted by Gasteiger charge is -2.20. The molecule has 1 N–H and O–H groups in total. The molecule has 23 heavy (non-hydrogen) atoms. The molecule has 0 heterocycles. The fourth-order valence-corrected chi connectivity index (χ4v) is 2.87.